The van der Waals surface area contributed by atoms with Gasteiger partial charge in [-0.25, -0.2) is 5.43 Å². The molecule has 0 aliphatic rings. The summed E-state index contributed by atoms with van der Waals surface area (Å²) in [4.78, 5) is 12.3. The molecule has 0 aromatic heterocycles. The Kier molecular flexibility index (Phi) is 5.26. The molecule has 2 aromatic rings. The van der Waals surface area contributed by atoms with E-state index in [-0.39, 0.29) is 11.5 Å². The first-order valence-electron chi connectivity index (χ1n) is 7.05. The number of nitrogens with zero attached hydrogens (tertiary/aromatic N) is 1. The molecule has 126 valence electrons. The van der Waals surface area contributed by atoms with Crippen LogP contribution in [0.4, 0.5) is 0 Å². The lowest BCUT2D eigenvalue weighted by Crippen LogP contribution is -2.20. The molecule has 1 amide bonds. The van der Waals surface area contributed by atoms with Crippen molar-refractivity contribution in [2.75, 3.05) is 14.2 Å². The molecule has 7 heteroatoms. The van der Waals surface area contributed by atoms with Crippen LogP contribution in [0.3, 0.4) is 0 Å². The van der Waals surface area contributed by atoms with Crippen molar-refractivity contribution in [2.24, 2.45) is 5.10 Å². The van der Waals surface area contributed by atoms with Crippen LogP contribution in [0.15, 0.2) is 41.5 Å². The first kappa shape index (κ1) is 17.1. The average molecular weight is 330 g/mol. The summed E-state index contributed by atoms with van der Waals surface area (Å²) in [5.74, 6) is 0.264. The second kappa shape index (κ2) is 7.36. The fourth-order valence-corrected chi connectivity index (χ4v) is 2.07. The first-order valence-corrected chi connectivity index (χ1v) is 7.05. The summed E-state index contributed by atoms with van der Waals surface area (Å²) in [5.41, 5.74) is 3.48. The highest BCUT2D eigenvalue weighted by molar-refractivity contribution is 6.03. The van der Waals surface area contributed by atoms with E-state index in [9.17, 15) is 15.0 Å². The topological polar surface area (TPSA) is 100 Å². The summed E-state index contributed by atoms with van der Waals surface area (Å²) in [6, 6.07) is 8.92. The van der Waals surface area contributed by atoms with E-state index in [0.29, 0.717) is 28.3 Å². The lowest BCUT2D eigenvalue weighted by Gasteiger charge is -2.10. The molecule has 0 unspecified atom stereocenters. The summed E-state index contributed by atoms with van der Waals surface area (Å²) in [6.07, 6.45) is 0. The van der Waals surface area contributed by atoms with Crippen LogP contribution in [-0.2, 0) is 0 Å². The van der Waals surface area contributed by atoms with Gasteiger partial charge in [-0.3, -0.25) is 4.79 Å². The fourth-order valence-electron chi connectivity index (χ4n) is 2.07. The second-order valence-electron chi connectivity index (χ2n) is 4.91. The quantitative estimate of drug-likeness (QED) is 0.577. The van der Waals surface area contributed by atoms with E-state index >= 15 is 0 Å². The highest BCUT2D eigenvalue weighted by Crippen LogP contribution is 2.25. The van der Waals surface area contributed by atoms with Crippen LogP contribution in [0.2, 0.25) is 0 Å². The van der Waals surface area contributed by atoms with Crippen molar-refractivity contribution in [3.63, 3.8) is 0 Å². The monoisotopic (exact) mass is 330 g/mol. The number of phenols is 2. The molecule has 0 saturated heterocycles. The Morgan fingerprint density at radius 1 is 1.04 bits per heavy atom. The molecule has 7 nitrogen and oxygen atoms in total. The van der Waals surface area contributed by atoms with Crippen LogP contribution < -0.4 is 14.9 Å². The van der Waals surface area contributed by atoms with Crippen molar-refractivity contribution in [3.8, 4) is 23.0 Å². The van der Waals surface area contributed by atoms with Crippen molar-refractivity contribution in [1.29, 1.82) is 0 Å². The zero-order valence-corrected chi connectivity index (χ0v) is 13.5. The summed E-state index contributed by atoms with van der Waals surface area (Å²) >= 11 is 0. The Bertz CT molecular complexity index is 787. The molecule has 24 heavy (non-hydrogen) atoms. The van der Waals surface area contributed by atoms with E-state index in [0.717, 1.165) is 0 Å². The SMILES string of the molecule is COc1ccc(C(=O)NN=C(C)c2ccc(O)cc2O)c(OC)c1. The molecule has 2 aromatic carbocycles. The Hall–Kier alpha value is -3.22. The predicted octanol–water partition coefficient (Wildman–Crippen LogP) is 2.27. The maximum Gasteiger partial charge on any atom is 0.275 e. The number of ether oxygens (including phenoxy) is 2. The number of hydrazone groups is 1. The fraction of sp³-hybridized carbons (Fsp3) is 0.176. The van der Waals surface area contributed by atoms with Crippen LogP contribution >= 0.6 is 0 Å². The minimum absolute atomic E-state index is 0.0592. The van der Waals surface area contributed by atoms with Gasteiger partial charge in [-0.05, 0) is 31.2 Å². The van der Waals surface area contributed by atoms with E-state index in [1.165, 1.54) is 32.4 Å². The highest BCUT2D eigenvalue weighted by atomic mass is 16.5. The molecule has 0 heterocycles. The third-order valence-electron chi connectivity index (χ3n) is 3.35. The zero-order valence-electron chi connectivity index (χ0n) is 13.5. The van der Waals surface area contributed by atoms with Crippen LogP contribution in [0.5, 0.6) is 23.0 Å². The average Bonchev–Trinajstić information content (AvgIpc) is 2.58. The van der Waals surface area contributed by atoms with Crippen LogP contribution in [0, 0.1) is 0 Å². The number of benzene rings is 2. The smallest absolute Gasteiger partial charge is 0.275 e. The number of nitrogens with one attached hydrogen (secondary N) is 1. The van der Waals surface area contributed by atoms with Gasteiger partial charge in [0.05, 0.1) is 25.5 Å². The number of carbonyl (C=O) groups is 1. The normalized spacial score (nSPS) is 11.0. The van der Waals surface area contributed by atoms with E-state index in [1.54, 1.807) is 25.1 Å². The van der Waals surface area contributed by atoms with Crippen LogP contribution in [0.1, 0.15) is 22.8 Å². The molecule has 0 aliphatic heterocycles. The van der Waals surface area contributed by atoms with E-state index < -0.39 is 5.91 Å². The van der Waals surface area contributed by atoms with Gasteiger partial charge in [0, 0.05) is 17.7 Å². The van der Waals surface area contributed by atoms with E-state index in [4.69, 9.17) is 9.47 Å². The Labute approximate surface area is 139 Å². The van der Waals surface area contributed by atoms with Gasteiger partial charge in [0.25, 0.3) is 5.91 Å². The lowest BCUT2D eigenvalue weighted by molar-refractivity contribution is 0.0951. The largest absolute Gasteiger partial charge is 0.508 e. The molecule has 0 aliphatic carbocycles. The Morgan fingerprint density at radius 2 is 1.75 bits per heavy atom. The number of hydrogen-bond donors (Lipinski definition) is 3. The Balaban J connectivity index is 2.20. The third kappa shape index (κ3) is 3.75. The molecule has 2 rings (SSSR count). The maximum absolute atomic E-state index is 12.3. The number of carbonyl (C=O) groups excluding carboxylic acids is 1. The first-order chi connectivity index (χ1) is 11.5. The third-order valence-corrected chi connectivity index (χ3v) is 3.35. The molecule has 0 spiro atoms. The molecule has 3 N–H and O–H groups in total. The molecular formula is C17H18N2O5. The predicted molar refractivity (Wildman–Crippen MR) is 89.0 cm³/mol. The molecule has 0 bridgehead atoms. The lowest BCUT2D eigenvalue weighted by atomic mass is 10.1. The highest BCUT2D eigenvalue weighted by Gasteiger charge is 2.13. The van der Waals surface area contributed by atoms with Gasteiger partial charge in [-0.2, -0.15) is 5.10 Å². The van der Waals surface area contributed by atoms with Crippen molar-refractivity contribution < 1.29 is 24.5 Å². The van der Waals surface area contributed by atoms with Crippen molar-refractivity contribution in [1.82, 2.24) is 5.43 Å². The zero-order chi connectivity index (χ0) is 17.7. The molecular weight excluding hydrogens is 312 g/mol. The number of rotatable bonds is 5. The van der Waals surface area contributed by atoms with Gasteiger partial charge in [0.2, 0.25) is 0 Å². The number of hydrogen-bond acceptors (Lipinski definition) is 6. The minimum atomic E-state index is -0.466. The summed E-state index contributed by atoms with van der Waals surface area (Å²) < 4.78 is 10.3. The van der Waals surface area contributed by atoms with Crippen molar-refractivity contribution >= 4 is 11.6 Å². The van der Waals surface area contributed by atoms with Gasteiger partial charge < -0.3 is 19.7 Å². The summed E-state index contributed by atoms with van der Waals surface area (Å²) in [5, 5.41) is 23.1. The van der Waals surface area contributed by atoms with Crippen molar-refractivity contribution in [2.45, 2.75) is 6.92 Å². The molecule has 0 saturated carbocycles. The summed E-state index contributed by atoms with van der Waals surface area (Å²) in [6.45, 7) is 1.62. The number of methoxy groups -OCH3 is 2. The van der Waals surface area contributed by atoms with Crippen molar-refractivity contribution in [3.05, 3.63) is 47.5 Å². The molecule has 0 radical (unpaired) electrons. The van der Waals surface area contributed by atoms with E-state index in [1.807, 2.05) is 0 Å². The maximum atomic E-state index is 12.3. The van der Waals surface area contributed by atoms with Gasteiger partial charge >= 0.3 is 0 Å². The minimum Gasteiger partial charge on any atom is -0.508 e. The molecule has 0 fully saturated rings. The number of amides is 1. The molecule has 0 atom stereocenters. The standard InChI is InChI=1S/C17H18N2O5/c1-10(13-6-4-11(20)8-15(13)21)18-19-17(22)14-7-5-12(23-2)9-16(14)24-3/h4-9,20-21H,1-3H3,(H,19,22). The van der Waals surface area contributed by atoms with E-state index in [2.05, 4.69) is 10.5 Å². The second-order valence-corrected chi connectivity index (χ2v) is 4.91. The van der Waals surface area contributed by atoms with Gasteiger partial charge in [-0.15, -0.1) is 0 Å². The van der Waals surface area contributed by atoms with Gasteiger partial charge in [0.15, 0.2) is 0 Å². The van der Waals surface area contributed by atoms with Crippen LogP contribution in [0.25, 0.3) is 0 Å². The Morgan fingerprint density at radius 3 is 2.38 bits per heavy atom. The van der Waals surface area contributed by atoms with Crippen LogP contribution in [-0.4, -0.2) is 36.1 Å². The summed E-state index contributed by atoms with van der Waals surface area (Å²) in [7, 11) is 2.97. The van der Waals surface area contributed by atoms with Gasteiger partial charge in [0.1, 0.15) is 23.0 Å². The number of phenolic OH excluding ortho intramolecular Hbond substituents is 2. The number of aromatic hydroxyl groups is 2. The van der Waals surface area contributed by atoms with Gasteiger partial charge in [-0.1, -0.05) is 0 Å².